The summed E-state index contributed by atoms with van der Waals surface area (Å²) >= 11 is 0. The summed E-state index contributed by atoms with van der Waals surface area (Å²) in [5.74, 6) is 0. The lowest BCUT2D eigenvalue weighted by Gasteiger charge is -2.36. The van der Waals surface area contributed by atoms with Crippen LogP contribution >= 0.6 is 0 Å². The lowest BCUT2D eigenvalue weighted by Crippen LogP contribution is -2.56. The van der Waals surface area contributed by atoms with Crippen LogP contribution in [0.4, 0.5) is 4.79 Å². The van der Waals surface area contributed by atoms with Crippen molar-refractivity contribution in [1.29, 1.82) is 0 Å². The van der Waals surface area contributed by atoms with Crippen molar-refractivity contribution < 1.29 is 14.6 Å². The molecule has 0 spiro atoms. The summed E-state index contributed by atoms with van der Waals surface area (Å²) in [6.07, 6.45) is -0.406. The van der Waals surface area contributed by atoms with Crippen molar-refractivity contribution >= 4 is 6.09 Å². The number of hydrogen-bond donors (Lipinski definition) is 3. The van der Waals surface area contributed by atoms with Gasteiger partial charge in [-0.2, -0.15) is 0 Å². The number of aliphatic hydroxyl groups is 1. The lowest BCUT2D eigenvalue weighted by atomic mass is 10.1. The van der Waals surface area contributed by atoms with Crippen molar-refractivity contribution in [3.05, 3.63) is 0 Å². The average Bonchev–Trinajstić information content (AvgIpc) is 2.28. The van der Waals surface area contributed by atoms with Gasteiger partial charge in [-0.3, -0.25) is 0 Å². The molecule has 94 valence electrons. The first-order chi connectivity index (χ1) is 7.50. The number of aliphatic hydroxyl groups excluding tert-OH is 1. The van der Waals surface area contributed by atoms with Gasteiger partial charge in [0.2, 0.25) is 0 Å². The van der Waals surface area contributed by atoms with Crippen LogP contribution in [0.15, 0.2) is 0 Å². The molecule has 1 rings (SSSR count). The summed E-state index contributed by atoms with van der Waals surface area (Å²) in [6, 6.07) is -0.213. The third kappa shape index (κ3) is 3.33. The molecule has 1 atom stereocenters. The van der Waals surface area contributed by atoms with Gasteiger partial charge in [0.1, 0.15) is 5.60 Å². The van der Waals surface area contributed by atoms with Gasteiger partial charge in [0.05, 0.1) is 12.6 Å². The number of nitrogens with one attached hydrogen (secondary N) is 1. The zero-order chi connectivity index (χ0) is 12.2. The number of ether oxygens (including phenoxy) is 1. The Bertz CT molecular complexity index is 245. The quantitative estimate of drug-likeness (QED) is 0.587. The van der Waals surface area contributed by atoms with Crippen molar-refractivity contribution in [2.75, 3.05) is 32.8 Å². The fourth-order valence-corrected chi connectivity index (χ4v) is 1.50. The molecule has 4 N–H and O–H groups in total. The van der Waals surface area contributed by atoms with E-state index in [1.54, 1.807) is 18.7 Å². The van der Waals surface area contributed by atoms with Crippen molar-refractivity contribution in [2.24, 2.45) is 5.73 Å². The molecule has 16 heavy (non-hydrogen) atoms. The van der Waals surface area contributed by atoms with Crippen molar-refractivity contribution in [3.63, 3.8) is 0 Å². The van der Waals surface area contributed by atoms with Crippen molar-refractivity contribution in [2.45, 2.75) is 25.5 Å². The lowest BCUT2D eigenvalue weighted by molar-refractivity contribution is 0.0000504. The molecule has 1 saturated heterocycles. The molecular formula is C10H21N3O3. The molecule has 1 aliphatic heterocycles. The van der Waals surface area contributed by atoms with Crippen LogP contribution in [0.25, 0.3) is 0 Å². The Morgan fingerprint density at radius 3 is 2.94 bits per heavy atom. The zero-order valence-electron chi connectivity index (χ0n) is 9.90. The number of carbonyl (C=O) groups excluding carboxylic acids is 1. The Kier molecular flexibility index (Phi) is 4.52. The standard InChI is InChI=1S/C10H21N3O3/c1-10(2,7-11)16-9(15)13-4-3-12-5-8(13)6-14/h8,12,14H,3-7,11H2,1-2H3/t8-/m0/s1. The van der Waals surface area contributed by atoms with Gasteiger partial charge >= 0.3 is 6.09 Å². The van der Waals surface area contributed by atoms with Crippen LogP contribution in [-0.4, -0.2) is 60.5 Å². The van der Waals surface area contributed by atoms with Crippen LogP contribution in [-0.2, 0) is 4.74 Å². The number of piperazine rings is 1. The number of amides is 1. The summed E-state index contributed by atoms with van der Waals surface area (Å²) in [6.45, 7) is 5.59. The Hall–Kier alpha value is -0.850. The number of nitrogens with zero attached hydrogens (tertiary/aromatic N) is 1. The minimum Gasteiger partial charge on any atom is -0.442 e. The zero-order valence-corrected chi connectivity index (χ0v) is 9.90. The van der Waals surface area contributed by atoms with Crippen LogP contribution in [0.3, 0.4) is 0 Å². The summed E-state index contributed by atoms with van der Waals surface area (Å²) in [4.78, 5) is 13.4. The first kappa shape index (κ1) is 13.2. The van der Waals surface area contributed by atoms with E-state index in [9.17, 15) is 4.79 Å². The maximum absolute atomic E-state index is 11.9. The molecule has 1 heterocycles. The van der Waals surface area contributed by atoms with Gasteiger partial charge in [0.25, 0.3) is 0 Å². The Morgan fingerprint density at radius 2 is 2.38 bits per heavy atom. The minimum atomic E-state index is -0.665. The molecule has 1 amide bonds. The molecule has 6 nitrogen and oxygen atoms in total. The van der Waals surface area contributed by atoms with E-state index >= 15 is 0 Å². The fourth-order valence-electron chi connectivity index (χ4n) is 1.50. The molecular weight excluding hydrogens is 210 g/mol. The van der Waals surface area contributed by atoms with Gasteiger partial charge in [-0.1, -0.05) is 0 Å². The molecule has 0 radical (unpaired) electrons. The average molecular weight is 231 g/mol. The number of nitrogens with two attached hydrogens (primary N) is 1. The highest BCUT2D eigenvalue weighted by Crippen LogP contribution is 2.12. The molecule has 0 aliphatic carbocycles. The molecule has 0 aromatic heterocycles. The molecule has 1 fully saturated rings. The maximum atomic E-state index is 11.9. The Morgan fingerprint density at radius 1 is 1.69 bits per heavy atom. The van der Waals surface area contributed by atoms with Crippen LogP contribution in [0, 0.1) is 0 Å². The van der Waals surface area contributed by atoms with E-state index in [0.717, 1.165) is 0 Å². The summed E-state index contributed by atoms with van der Waals surface area (Å²) in [5.41, 5.74) is 4.83. The van der Waals surface area contributed by atoms with Gasteiger partial charge in [-0.25, -0.2) is 4.79 Å². The van der Waals surface area contributed by atoms with E-state index in [0.29, 0.717) is 19.6 Å². The van der Waals surface area contributed by atoms with Crippen LogP contribution in [0.2, 0.25) is 0 Å². The maximum Gasteiger partial charge on any atom is 0.410 e. The molecule has 1 aliphatic rings. The summed E-state index contributed by atoms with van der Waals surface area (Å²) in [7, 11) is 0. The van der Waals surface area contributed by atoms with E-state index < -0.39 is 11.7 Å². The van der Waals surface area contributed by atoms with Crippen LogP contribution < -0.4 is 11.1 Å². The van der Waals surface area contributed by atoms with E-state index in [1.165, 1.54) is 0 Å². The summed E-state index contributed by atoms with van der Waals surface area (Å²) in [5, 5.41) is 12.3. The number of hydrogen-bond acceptors (Lipinski definition) is 5. The SMILES string of the molecule is CC(C)(CN)OC(=O)N1CCNC[C@H]1CO. The predicted octanol–water partition coefficient (Wildman–Crippen LogP) is -0.874. The van der Waals surface area contributed by atoms with Gasteiger partial charge in [0, 0.05) is 26.2 Å². The highest BCUT2D eigenvalue weighted by Gasteiger charge is 2.30. The molecule has 6 heteroatoms. The van der Waals surface area contributed by atoms with Crippen LogP contribution in [0.5, 0.6) is 0 Å². The predicted molar refractivity (Wildman–Crippen MR) is 60.1 cm³/mol. The second kappa shape index (κ2) is 5.47. The normalized spacial score (nSPS) is 22.0. The van der Waals surface area contributed by atoms with Gasteiger partial charge in [-0.05, 0) is 13.8 Å². The molecule has 0 bridgehead atoms. The Labute approximate surface area is 95.7 Å². The van der Waals surface area contributed by atoms with Crippen molar-refractivity contribution in [3.8, 4) is 0 Å². The second-order valence-electron chi connectivity index (χ2n) is 4.57. The first-order valence-electron chi connectivity index (χ1n) is 5.51. The molecule has 0 unspecified atom stereocenters. The van der Waals surface area contributed by atoms with Gasteiger partial charge in [-0.15, -0.1) is 0 Å². The molecule has 0 aromatic carbocycles. The minimum absolute atomic E-state index is 0.0643. The van der Waals surface area contributed by atoms with E-state index in [-0.39, 0.29) is 19.2 Å². The number of carbonyl (C=O) groups is 1. The second-order valence-corrected chi connectivity index (χ2v) is 4.57. The smallest absolute Gasteiger partial charge is 0.410 e. The van der Waals surface area contributed by atoms with E-state index in [1.807, 2.05) is 0 Å². The topological polar surface area (TPSA) is 87.8 Å². The van der Waals surface area contributed by atoms with E-state index in [4.69, 9.17) is 15.6 Å². The number of rotatable bonds is 3. The fraction of sp³-hybridized carbons (Fsp3) is 0.900. The third-order valence-electron chi connectivity index (χ3n) is 2.65. The molecule has 0 aromatic rings. The van der Waals surface area contributed by atoms with Crippen molar-refractivity contribution in [1.82, 2.24) is 10.2 Å². The first-order valence-corrected chi connectivity index (χ1v) is 5.51. The van der Waals surface area contributed by atoms with E-state index in [2.05, 4.69) is 5.32 Å². The van der Waals surface area contributed by atoms with Crippen LogP contribution in [0.1, 0.15) is 13.8 Å². The Balaban J connectivity index is 2.57. The highest BCUT2D eigenvalue weighted by molar-refractivity contribution is 5.68. The molecule has 0 saturated carbocycles. The third-order valence-corrected chi connectivity index (χ3v) is 2.65. The van der Waals surface area contributed by atoms with Gasteiger partial charge in [0.15, 0.2) is 0 Å². The largest absolute Gasteiger partial charge is 0.442 e. The van der Waals surface area contributed by atoms with Gasteiger partial charge < -0.3 is 25.8 Å². The summed E-state index contributed by atoms with van der Waals surface area (Å²) < 4.78 is 5.28. The highest BCUT2D eigenvalue weighted by atomic mass is 16.6. The monoisotopic (exact) mass is 231 g/mol.